The van der Waals surface area contributed by atoms with Crippen molar-refractivity contribution < 1.29 is 4.39 Å². The van der Waals surface area contributed by atoms with Crippen molar-refractivity contribution in [2.24, 2.45) is 0 Å². The van der Waals surface area contributed by atoms with Crippen LogP contribution in [0.4, 0.5) is 4.39 Å². The first kappa shape index (κ1) is 20.5. The number of aromatic amines is 1. The molecule has 0 bridgehead atoms. The van der Waals surface area contributed by atoms with E-state index < -0.39 is 0 Å². The maximum Gasteiger partial charge on any atom is 0.255 e. The van der Waals surface area contributed by atoms with Crippen molar-refractivity contribution >= 4 is 11.6 Å². The van der Waals surface area contributed by atoms with E-state index in [1.54, 1.807) is 18.2 Å². The lowest BCUT2D eigenvalue weighted by Gasteiger charge is -2.27. The minimum absolute atomic E-state index is 0.107. The highest BCUT2D eigenvalue weighted by atomic mass is 35.5. The van der Waals surface area contributed by atoms with Crippen LogP contribution in [0.1, 0.15) is 16.8 Å². The summed E-state index contributed by atoms with van der Waals surface area (Å²) in [4.78, 5) is 27.1. The van der Waals surface area contributed by atoms with E-state index in [1.165, 1.54) is 12.1 Å². The molecular weight excluding hydrogens is 427 g/mol. The molecule has 0 radical (unpaired) electrons. The van der Waals surface area contributed by atoms with Crippen LogP contribution in [0.15, 0.2) is 71.7 Å². The zero-order valence-corrected chi connectivity index (χ0v) is 17.9. The van der Waals surface area contributed by atoms with Gasteiger partial charge in [0.05, 0.1) is 17.0 Å². The highest BCUT2D eigenvalue weighted by Crippen LogP contribution is 2.22. The highest BCUT2D eigenvalue weighted by Gasteiger charge is 2.21. The molecule has 160 valence electrons. The van der Waals surface area contributed by atoms with Crippen LogP contribution in [0.3, 0.4) is 0 Å². The average Bonchev–Trinajstić information content (AvgIpc) is 2.80. The van der Waals surface area contributed by atoms with Gasteiger partial charge in [0.2, 0.25) is 0 Å². The molecule has 0 unspecified atom stereocenters. The third-order valence-corrected chi connectivity index (χ3v) is 5.87. The Labute approximate surface area is 189 Å². The molecule has 1 aliphatic heterocycles. The number of fused-ring (bicyclic) bond motifs is 1. The van der Waals surface area contributed by atoms with Gasteiger partial charge in [-0.15, -0.1) is 0 Å². The SMILES string of the molecule is O=c1[nH]c(-c2ccc(Cl)cc2)nc2c1CN(Cc1ccc(-c3cccc(F)c3)nc1)CC2. The summed E-state index contributed by atoms with van der Waals surface area (Å²) in [6.45, 7) is 2.01. The van der Waals surface area contributed by atoms with Gasteiger partial charge in [-0.3, -0.25) is 14.7 Å². The molecule has 2 aromatic carbocycles. The summed E-state index contributed by atoms with van der Waals surface area (Å²) in [7, 11) is 0. The normalized spacial score (nSPS) is 13.7. The third kappa shape index (κ3) is 4.33. The van der Waals surface area contributed by atoms with Crippen LogP contribution in [-0.4, -0.2) is 26.4 Å². The van der Waals surface area contributed by atoms with Gasteiger partial charge in [-0.25, -0.2) is 9.37 Å². The van der Waals surface area contributed by atoms with Crippen LogP contribution in [0.2, 0.25) is 5.02 Å². The van der Waals surface area contributed by atoms with Gasteiger partial charge in [0.15, 0.2) is 0 Å². The van der Waals surface area contributed by atoms with Crippen molar-refractivity contribution in [2.45, 2.75) is 19.5 Å². The fraction of sp³-hybridized carbons (Fsp3) is 0.160. The lowest BCUT2D eigenvalue weighted by molar-refractivity contribution is 0.241. The van der Waals surface area contributed by atoms with E-state index in [1.807, 2.05) is 36.5 Å². The van der Waals surface area contributed by atoms with Crippen molar-refractivity contribution in [1.82, 2.24) is 19.9 Å². The molecule has 1 N–H and O–H groups in total. The van der Waals surface area contributed by atoms with Gasteiger partial charge in [0, 0.05) is 48.4 Å². The molecule has 3 heterocycles. The van der Waals surface area contributed by atoms with Crippen molar-refractivity contribution in [2.75, 3.05) is 6.54 Å². The summed E-state index contributed by atoms with van der Waals surface area (Å²) >= 11 is 5.96. The molecule has 5 nitrogen and oxygen atoms in total. The number of hydrogen-bond donors (Lipinski definition) is 1. The van der Waals surface area contributed by atoms with Crippen LogP contribution < -0.4 is 5.56 Å². The molecule has 0 atom stereocenters. The molecule has 0 saturated carbocycles. The van der Waals surface area contributed by atoms with Gasteiger partial charge in [0.25, 0.3) is 5.56 Å². The zero-order chi connectivity index (χ0) is 22.1. The Balaban J connectivity index is 1.31. The monoisotopic (exact) mass is 446 g/mol. The van der Waals surface area contributed by atoms with Gasteiger partial charge >= 0.3 is 0 Å². The van der Waals surface area contributed by atoms with E-state index in [-0.39, 0.29) is 11.4 Å². The predicted octanol–water partition coefficient (Wildman–Crippen LogP) is 4.85. The van der Waals surface area contributed by atoms with Crippen LogP contribution in [0, 0.1) is 5.82 Å². The number of H-pyrrole nitrogens is 1. The van der Waals surface area contributed by atoms with Gasteiger partial charge in [0.1, 0.15) is 11.6 Å². The fourth-order valence-corrected chi connectivity index (χ4v) is 4.08. The standard InChI is InChI=1S/C25H20ClFN4O/c26-19-7-5-17(6-8-19)24-29-23-10-11-31(15-21(23)25(32)30-24)14-16-4-9-22(28-13-16)18-2-1-3-20(27)12-18/h1-9,12-13H,10-11,14-15H2,(H,29,30,32). The number of halogens is 2. The molecule has 32 heavy (non-hydrogen) atoms. The highest BCUT2D eigenvalue weighted by molar-refractivity contribution is 6.30. The maximum absolute atomic E-state index is 13.5. The first-order chi connectivity index (χ1) is 15.5. The molecule has 5 rings (SSSR count). The number of nitrogens with one attached hydrogen (secondary N) is 1. The molecule has 0 spiro atoms. The summed E-state index contributed by atoms with van der Waals surface area (Å²) in [6, 6.07) is 17.6. The van der Waals surface area contributed by atoms with E-state index in [2.05, 4.69) is 14.9 Å². The van der Waals surface area contributed by atoms with Crippen LogP contribution in [0.5, 0.6) is 0 Å². The minimum atomic E-state index is -0.279. The molecule has 0 saturated heterocycles. The molecule has 0 aliphatic carbocycles. The number of pyridine rings is 1. The second-order valence-electron chi connectivity index (χ2n) is 7.87. The summed E-state index contributed by atoms with van der Waals surface area (Å²) in [5.41, 5.74) is 4.79. The number of aromatic nitrogens is 3. The predicted molar refractivity (Wildman–Crippen MR) is 123 cm³/mol. The second kappa shape index (κ2) is 8.65. The van der Waals surface area contributed by atoms with E-state index in [0.717, 1.165) is 34.6 Å². The number of benzene rings is 2. The smallest absolute Gasteiger partial charge is 0.255 e. The van der Waals surface area contributed by atoms with E-state index in [4.69, 9.17) is 16.6 Å². The summed E-state index contributed by atoms with van der Waals surface area (Å²) in [5, 5.41) is 0.642. The van der Waals surface area contributed by atoms with Gasteiger partial charge in [-0.05, 0) is 48.0 Å². The molecule has 1 aliphatic rings. The fourth-order valence-electron chi connectivity index (χ4n) is 3.96. The quantitative estimate of drug-likeness (QED) is 0.486. The Kier molecular flexibility index (Phi) is 5.55. The van der Waals surface area contributed by atoms with Gasteiger partial charge in [-0.1, -0.05) is 29.8 Å². The topological polar surface area (TPSA) is 61.9 Å². The third-order valence-electron chi connectivity index (χ3n) is 5.62. The van der Waals surface area contributed by atoms with Gasteiger partial charge < -0.3 is 4.98 Å². The number of rotatable bonds is 4. The Morgan fingerprint density at radius 3 is 2.66 bits per heavy atom. The lowest BCUT2D eigenvalue weighted by Crippen LogP contribution is -2.35. The Hall–Kier alpha value is -3.35. The number of hydrogen-bond acceptors (Lipinski definition) is 4. The van der Waals surface area contributed by atoms with Crippen molar-refractivity contribution in [1.29, 1.82) is 0 Å². The summed E-state index contributed by atoms with van der Waals surface area (Å²) in [6.07, 6.45) is 2.51. The molecular formula is C25H20ClFN4O. The van der Waals surface area contributed by atoms with E-state index in [9.17, 15) is 9.18 Å². The molecule has 0 amide bonds. The Morgan fingerprint density at radius 2 is 1.91 bits per heavy atom. The Bertz CT molecular complexity index is 1320. The molecule has 4 aromatic rings. The van der Waals surface area contributed by atoms with Crippen molar-refractivity contribution in [3.63, 3.8) is 0 Å². The van der Waals surface area contributed by atoms with Crippen LogP contribution in [0.25, 0.3) is 22.6 Å². The maximum atomic E-state index is 13.5. The summed E-state index contributed by atoms with van der Waals surface area (Å²) < 4.78 is 13.5. The average molecular weight is 447 g/mol. The molecule has 7 heteroatoms. The van der Waals surface area contributed by atoms with Crippen LogP contribution >= 0.6 is 11.6 Å². The van der Waals surface area contributed by atoms with Crippen molar-refractivity contribution in [3.05, 3.63) is 105 Å². The first-order valence-corrected chi connectivity index (χ1v) is 10.7. The summed E-state index contributed by atoms with van der Waals surface area (Å²) in [5.74, 6) is 0.286. The lowest BCUT2D eigenvalue weighted by atomic mass is 10.1. The zero-order valence-electron chi connectivity index (χ0n) is 17.2. The molecule has 0 fully saturated rings. The van der Waals surface area contributed by atoms with E-state index in [0.29, 0.717) is 35.9 Å². The molecule has 2 aromatic heterocycles. The number of nitrogens with zero attached hydrogens (tertiary/aromatic N) is 3. The van der Waals surface area contributed by atoms with Crippen LogP contribution in [-0.2, 0) is 19.5 Å². The minimum Gasteiger partial charge on any atom is -0.306 e. The Morgan fingerprint density at radius 1 is 1.06 bits per heavy atom. The largest absolute Gasteiger partial charge is 0.306 e. The van der Waals surface area contributed by atoms with Gasteiger partial charge in [-0.2, -0.15) is 0 Å². The first-order valence-electron chi connectivity index (χ1n) is 10.4. The van der Waals surface area contributed by atoms with Crippen molar-refractivity contribution in [3.8, 4) is 22.6 Å². The second-order valence-corrected chi connectivity index (χ2v) is 8.31. The van der Waals surface area contributed by atoms with E-state index >= 15 is 0 Å².